The molecule has 6 nitrogen and oxygen atoms in total. The standard InChI is InChI=1S/C15H25N3O3/c1-3-16-14(17-11-13-5-4-8-21-13)18-12-15(19-2)6-9-20-10-7-15/h4-5,8H,3,6-7,9-12H2,1-2H3,(H2,16,17,18). The number of aliphatic imine (C=N–C) groups is 1. The average molecular weight is 295 g/mol. The number of nitrogens with zero attached hydrogens (tertiary/aromatic N) is 1. The molecule has 1 aliphatic heterocycles. The van der Waals surface area contributed by atoms with E-state index in [0.717, 1.165) is 50.9 Å². The van der Waals surface area contributed by atoms with Crippen molar-refractivity contribution in [2.75, 3.05) is 33.4 Å². The summed E-state index contributed by atoms with van der Waals surface area (Å²) in [5.41, 5.74) is -0.168. The van der Waals surface area contributed by atoms with Crippen molar-refractivity contribution in [2.45, 2.75) is 31.9 Å². The van der Waals surface area contributed by atoms with Crippen molar-refractivity contribution < 1.29 is 13.9 Å². The molecule has 1 aromatic heterocycles. The van der Waals surface area contributed by atoms with Crippen LogP contribution in [-0.2, 0) is 16.0 Å². The van der Waals surface area contributed by atoms with E-state index in [1.165, 1.54) is 0 Å². The van der Waals surface area contributed by atoms with Crippen molar-refractivity contribution in [3.63, 3.8) is 0 Å². The van der Waals surface area contributed by atoms with Crippen LogP contribution in [0.15, 0.2) is 27.8 Å². The topological polar surface area (TPSA) is 68.0 Å². The quantitative estimate of drug-likeness (QED) is 0.615. The maximum absolute atomic E-state index is 5.71. The van der Waals surface area contributed by atoms with Crippen LogP contribution in [0, 0.1) is 0 Å². The van der Waals surface area contributed by atoms with E-state index in [9.17, 15) is 0 Å². The van der Waals surface area contributed by atoms with Crippen molar-refractivity contribution in [3.8, 4) is 0 Å². The lowest BCUT2D eigenvalue weighted by Crippen LogP contribution is -2.50. The van der Waals surface area contributed by atoms with Gasteiger partial charge in [-0.1, -0.05) is 0 Å². The third-order valence-electron chi connectivity index (χ3n) is 3.73. The van der Waals surface area contributed by atoms with Gasteiger partial charge >= 0.3 is 0 Å². The summed E-state index contributed by atoms with van der Waals surface area (Å²) in [6, 6.07) is 3.79. The minimum Gasteiger partial charge on any atom is -0.467 e. The highest BCUT2D eigenvalue weighted by atomic mass is 16.5. The molecule has 0 radical (unpaired) electrons. The van der Waals surface area contributed by atoms with Gasteiger partial charge in [-0.05, 0) is 19.1 Å². The van der Waals surface area contributed by atoms with Gasteiger partial charge in [0.15, 0.2) is 5.96 Å². The lowest BCUT2D eigenvalue weighted by molar-refractivity contribution is -0.0855. The number of furan rings is 1. The van der Waals surface area contributed by atoms with E-state index >= 15 is 0 Å². The zero-order chi connectivity index (χ0) is 15.0. The predicted octanol–water partition coefficient (Wildman–Crippen LogP) is 1.53. The Bertz CT molecular complexity index is 425. The Hall–Kier alpha value is -1.53. The van der Waals surface area contributed by atoms with Crippen molar-refractivity contribution in [1.82, 2.24) is 10.6 Å². The van der Waals surface area contributed by atoms with Crippen LogP contribution >= 0.6 is 0 Å². The van der Waals surface area contributed by atoms with Crippen LogP contribution in [-0.4, -0.2) is 45.0 Å². The molecule has 0 saturated carbocycles. The summed E-state index contributed by atoms with van der Waals surface area (Å²) in [6.07, 6.45) is 3.45. The van der Waals surface area contributed by atoms with E-state index in [1.54, 1.807) is 13.4 Å². The molecule has 1 aliphatic rings. The molecule has 2 rings (SSSR count). The Kier molecular flexibility index (Phi) is 6.07. The van der Waals surface area contributed by atoms with Gasteiger partial charge in [0, 0.05) is 46.3 Å². The van der Waals surface area contributed by atoms with Crippen LogP contribution < -0.4 is 10.6 Å². The zero-order valence-electron chi connectivity index (χ0n) is 12.9. The second kappa shape index (κ2) is 8.05. The van der Waals surface area contributed by atoms with Gasteiger partial charge in [0.05, 0.1) is 11.9 Å². The molecule has 0 aromatic carbocycles. The SMILES string of the molecule is CCNC(=NCc1ccco1)NCC1(OC)CCOCC1. The first kappa shape index (κ1) is 15.9. The number of guanidine groups is 1. The Morgan fingerprint density at radius 3 is 2.81 bits per heavy atom. The molecular formula is C15H25N3O3. The minimum atomic E-state index is -0.168. The molecule has 1 aromatic rings. The number of rotatable bonds is 6. The van der Waals surface area contributed by atoms with Crippen molar-refractivity contribution in [2.24, 2.45) is 4.99 Å². The molecule has 0 unspecified atom stereocenters. The second-order valence-corrected chi connectivity index (χ2v) is 5.13. The van der Waals surface area contributed by atoms with Crippen LogP contribution in [0.25, 0.3) is 0 Å². The lowest BCUT2D eigenvalue weighted by Gasteiger charge is -2.36. The normalized spacial score (nSPS) is 18.5. The third-order valence-corrected chi connectivity index (χ3v) is 3.73. The molecule has 0 spiro atoms. The number of hydrogen-bond donors (Lipinski definition) is 2. The molecule has 118 valence electrons. The van der Waals surface area contributed by atoms with Gasteiger partial charge in [-0.3, -0.25) is 0 Å². The molecule has 6 heteroatoms. The predicted molar refractivity (Wildman–Crippen MR) is 81.3 cm³/mol. The molecule has 0 atom stereocenters. The first-order chi connectivity index (χ1) is 10.3. The monoisotopic (exact) mass is 295 g/mol. The van der Waals surface area contributed by atoms with E-state index in [-0.39, 0.29) is 5.60 Å². The van der Waals surface area contributed by atoms with E-state index in [4.69, 9.17) is 13.9 Å². The summed E-state index contributed by atoms with van der Waals surface area (Å²) in [5.74, 6) is 1.62. The van der Waals surface area contributed by atoms with E-state index < -0.39 is 0 Å². The van der Waals surface area contributed by atoms with Crippen LogP contribution in [0.5, 0.6) is 0 Å². The molecule has 1 fully saturated rings. The summed E-state index contributed by atoms with van der Waals surface area (Å²) >= 11 is 0. The minimum absolute atomic E-state index is 0.168. The second-order valence-electron chi connectivity index (χ2n) is 5.13. The first-order valence-electron chi connectivity index (χ1n) is 7.45. The summed E-state index contributed by atoms with van der Waals surface area (Å²) in [5, 5.41) is 6.60. The van der Waals surface area contributed by atoms with Crippen LogP contribution in [0.3, 0.4) is 0 Å². The van der Waals surface area contributed by atoms with Crippen molar-refractivity contribution in [1.29, 1.82) is 0 Å². The van der Waals surface area contributed by atoms with Crippen LogP contribution in [0.2, 0.25) is 0 Å². The molecular weight excluding hydrogens is 270 g/mol. The van der Waals surface area contributed by atoms with Gasteiger partial charge in [0.25, 0.3) is 0 Å². The van der Waals surface area contributed by atoms with E-state index in [0.29, 0.717) is 6.54 Å². The summed E-state index contributed by atoms with van der Waals surface area (Å²) in [7, 11) is 1.76. The highest BCUT2D eigenvalue weighted by Gasteiger charge is 2.32. The molecule has 21 heavy (non-hydrogen) atoms. The molecule has 0 aliphatic carbocycles. The molecule has 0 bridgehead atoms. The van der Waals surface area contributed by atoms with Crippen molar-refractivity contribution in [3.05, 3.63) is 24.2 Å². The summed E-state index contributed by atoms with van der Waals surface area (Å²) in [4.78, 5) is 4.52. The van der Waals surface area contributed by atoms with Crippen LogP contribution in [0.4, 0.5) is 0 Å². The highest BCUT2D eigenvalue weighted by molar-refractivity contribution is 5.79. The van der Waals surface area contributed by atoms with Gasteiger partial charge in [-0.15, -0.1) is 0 Å². The third kappa shape index (κ3) is 4.75. The number of nitrogens with one attached hydrogen (secondary N) is 2. The van der Waals surface area contributed by atoms with Gasteiger partial charge in [0.2, 0.25) is 0 Å². The fraction of sp³-hybridized carbons (Fsp3) is 0.667. The average Bonchev–Trinajstić information content (AvgIpc) is 3.04. The molecule has 2 heterocycles. The summed E-state index contributed by atoms with van der Waals surface area (Å²) < 4.78 is 16.4. The number of hydrogen-bond acceptors (Lipinski definition) is 4. The Labute approximate surface area is 125 Å². The number of methoxy groups -OCH3 is 1. The lowest BCUT2D eigenvalue weighted by atomic mass is 9.94. The van der Waals surface area contributed by atoms with Crippen molar-refractivity contribution >= 4 is 5.96 Å². The number of ether oxygens (including phenoxy) is 2. The zero-order valence-corrected chi connectivity index (χ0v) is 12.9. The van der Waals surface area contributed by atoms with Crippen LogP contribution in [0.1, 0.15) is 25.5 Å². The van der Waals surface area contributed by atoms with Gasteiger partial charge in [-0.25, -0.2) is 4.99 Å². The smallest absolute Gasteiger partial charge is 0.191 e. The Balaban J connectivity index is 1.90. The Morgan fingerprint density at radius 1 is 1.38 bits per heavy atom. The van der Waals surface area contributed by atoms with Gasteiger partial charge < -0.3 is 24.5 Å². The molecule has 1 saturated heterocycles. The maximum Gasteiger partial charge on any atom is 0.191 e. The molecule has 2 N–H and O–H groups in total. The maximum atomic E-state index is 5.71. The fourth-order valence-corrected chi connectivity index (χ4v) is 2.34. The highest BCUT2D eigenvalue weighted by Crippen LogP contribution is 2.23. The first-order valence-corrected chi connectivity index (χ1v) is 7.45. The fourth-order valence-electron chi connectivity index (χ4n) is 2.34. The van der Waals surface area contributed by atoms with E-state index in [2.05, 4.69) is 15.6 Å². The van der Waals surface area contributed by atoms with E-state index in [1.807, 2.05) is 19.1 Å². The van der Waals surface area contributed by atoms with Gasteiger partial charge in [-0.2, -0.15) is 0 Å². The Morgan fingerprint density at radius 2 is 2.19 bits per heavy atom. The summed E-state index contributed by atoms with van der Waals surface area (Å²) in [6.45, 7) is 5.59. The largest absolute Gasteiger partial charge is 0.467 e. The molecule has 0 amide bonds. The van der Waals surface area contributed by atoms with Gasteiger partial charge in [0.1, 0.15) is 12.3 Å².